The van der Waals surface area contributed by atoms with E-state index in [9.17, 15) is 9.59 Å². The van der Waals surface area contributed by atoms with E-state index in [0.29, 0.717) is 55.2 Å². The molecule has 2 aromatic carbocycles. The molecule has 1 amide bonds. The lowest BCUT2D eigenvalue weighted by Crippen LogP contribution is -2.43. The van der Waals surface area contributed by atoms with Crippen LogP contribution in [-0.4, -0.2) is 59.6 Å². The first-order valence-corrected chi connectivity index (χ1v) is 13.6. The molecule has 1 aliphatic heterocycles. The van der Waals surface area contributed by atoms with Crippen LogP contribution in [0.3, 0.4) is 0 Å². The van der Waals surface area contributed by atoms with E-state index in [2.05, 4.69) is 71.2 Å². The molecule has 0 bridgehead atoms. The maximum atomic E-state index is 13.1. The summed E-state index contributed by atoms with van der Waals surface area (Å²) in [6.45, 7) is 4.21. The van der Waals surface area contributed by atoms with Crippen LogP contribution in [0, 0.1) is 7.14 Å². The third-order valence-electron chi connectivity index (χ3n) is 5.24. The van der Waals surface area contributed by atoms with Gasteiger partial charge >= 0.3 is 0 Å². The van der Waals surface area contributed by atoms with Crippen molar-refractivity contribution >= 4 is 84.1 Å². The predicted octanol–water partition coefficient (Wildman–Crippen LogP) is 4.05. The minimum atomic E-state index is -0.217. The number of benzene rings is 2. The van der Waals surface area contributed by atoms with E-state index in [1.165, 1.54) is 4.68 Å². The van der Waals surface area contributed by atoms with Gasteiger partial charge in [-0.05, 0) is 81.1 Å². The number of halogens is 3. The van der Waals surface area contributed by atoms with Crippen LogP contribution in [0.15, 0.2) is 44.7 Å². The zero-order valence-electron chi connectivity index (χ0n) is 18.3. The van der Waals surface area contributed by atoms with Crippen LogP contribution in [0.5, 0.6) is 5.75 Å². The van der Waals surface area contributed by atoms with Gasteiger partial charge in [-0.15, -0.1) is 0 Å². The number of nitrogens with zero attached hydrogens (tertiary/aromatic N) is 4. The van der Waals surface area contributed by atoms with Crippen molar-refractivity contribution in [1.29, 1.82) is 0 Å². The standard InChI is InChI=1S/C23H21BrI2N4O4/c1-2-20-28-19-4-3-15(24)11-16(19)23(32)30(20)27-12-14-9-17(25)22(18(26)10-14)34-13-21(31)29-5-7-33-8-6-29/h3-4,9-12H,2,5-8,13H2,1H3. The molecule has 0 unspecified atom stereocenters. The second kappa shape index (κ2) is 11.4. The normalized spacial score (nSPS) is 14.2. The summed E-state index contributed by atoms with van der Waals surface area (Å²) in [4.78, 5) is 31.8. The Morgan fingerprint density at radius 2 is 1.94 bits per heavy atom. The van der Waals surface area contributed by atoms with Gasteiger partial charge in [-0.1, -0.05) is 22.9 Å². The second-order valence-corrected chi connectivity index (χ2v) is 10.7. The number of fused-ring (bicyclic) bond motifs is 1. The average Bonchev–Trinajstić information content (AvgIpc) is 2.83. The van der Waals surface area contributed by atoms with Crippen molar-refractivity contribution in [2.24, 2.45) is 5.10 Å². The van der Waals surface area contributed by atoms with Crippen LogP contribution in [0.4, 0.5) is 0 Å². The second-order valence-electron chi connectivity index (χ2n) is 7.50. The highest BCUT2D eigenvalue weighted by atomic mass is 127. The SMILES string of the molecule is CCc1nc2ccc(Br)cc2c(=O)n1N=Cc1cc(I)c(OCC(=O)N2CCOCC2)c(I)c1. The van der Waals surface area contributed by atoms with Gasteiger partial charge in [0.1, 0.15) is 11.6 Å². The van der Waals surface area contributed by atoms with E-state index in [-0.39, 0.29) is 18.1 Å². The fourth-order valence-corrected chi connectivity index (χ4v) is 5.99. The molecule has 0 radical (unpaired) electrons. The molecule has 4 rings (SSSR count). The van der Waals surface area contributed by atoms with Gasteiger partial charge in [0, 0.05) is 24.0 Å². The lowest BCUT2D eigenvalue weighted by Gasteiger charge is -2.26. The average molecular weight is 751 g/mol. The molecule has 178 valence electrons. The Morgan fingerprint density at radius 3 is 2.62 bits per heavy atom. The topological polar surface area (TPSA) is 86.0 Å². The minimum Gasteiger partial charge on any atom is -0.482 e. The van der Waals surface area contributed by atoms with E-state index >= 15 is 0 Å². The fourth-order valence-electron chi connectivity index (χ4n) is 3.50. The summed E-state index contributed by atoms with van der Waals surface area (Å²) in [5, 5.41) is 4.96. The number of hydrogen-bond acceptors (Lipinski definition) is 6. The third kappa shape index (κ3) is 5.79. The van der Waals surface area contributed by atoms with Crippen LogP contribution in [0.25, 0.3) is 10.9 Å². The first-order valence-electron chi connectivity index (χ1n) is 10.6. The molecule has 0 spiro atoms. The van der Waals surface area contributed by atoms with Gasteiger partial charge < -0.3 is 14.4 Å². The zero-order valence-corrected chi connectivity index (χ0v) is 24.2. The molecule has 1 aromatic heterocycles. The molecule has 1 aliphatic rings. The van der Waals surface area contributed by atoms with E-state index in [4.69, 9.17) is 9.47 Å². The van der Waals surface area contributed by atoms with Gasteiger partial charge in [0.2, 0.25) is 0 Å². The van der Waals surface area contributed by atoms with Gasteiger partial charge in [0.05, 0.1) is 37.5 Å². The van der Waals surface area contributed by atoms with Crippen molar-refractivity contribution in [3.05, 3.63) is 63.7 Å². The summed E-state index contributed by atoms with van der Waals surface area (Å²) in [7, 11) is 0. The van der Waals surface area contributed by atoms with Crippen LogP contribution >= 0.6 is 61.1 Å². The van der Waals surface area contributed by atoms with E-state index in [0.717, 1.165) is 17.2 Å². The highest BCUT2D eigenvalue weighted by molar-refractivity contribution is 14.1. The Kier molecular flexibility index (Phi) is 8.58. The minimum absolute atomic E-state index is 0.0208. The molecular weight excluding hydrogens is 730 g/mol. The van der Waals surface area contributed by atoms with Crippen molar-refractivity contribution in [1.82, 2.24) is 14.6 Å². The number of aryl methyl sites for hydroxylation is 1. The van der Waals surface area contributed by atoms with Crippen LogP contribution in [0.1, 0.15) is 18.3 Å². The third-order valence-corrected chi connectivity index (χ3v) is 7.33. The summed E-state index contributed by atoms with van der Waals surface area (Å²) < 4.78 is 15.0. The molecule has 1 fully saturated rings. The maximum Gasteiger partial charge on any atom is 0.282 e. The number of hydrogen-bond donors (Lipinski definition) is 0. The summed E-state index contributed by atoms with van der Waals surface area (Å²) in [5.41, 5.74) is 1.24. The number of ether oxygens (including phenoxy) is 2. The molecule has 1 saturated heterocycles. The lowest BCUT2D eigenvalue weighted by atomic mass is 10.2. The van der Waals surface area contributed by atoms with Gasteiger partial charge in [-0.3, -0.25) is 9.59 Å². The number of aromatic nitrogens is 2. The largest absolute Gasteiger partial charge is 0.482 e. The van der Waals surface area contributed by atoms with Crippen LogP contribution in [0.2, 0.25) is 0 Å². The smallest absolute Gasteiger partial charge is 0.282 e. The fraction of sp³-hybridized carbons (Fsp3) is 0.304. The van der Waals surface area contributed by atoms with Crippen LogP contribution < -0.4 is 10.3 Å². The maximum absolute atomic E-state index is 13.1. The first kappa shape index (κ1) is 25.5. The Labute approximate surface area is 232 Å². The number of carbonyl (C=O) groups excluding carboxylic acids is 1. The Bertz CT molecular complexity index is 1300. The first-order chi connectivity index (χ1) is 16.4. The number of amides is 1. The molecule has 34 heavy (non-hydrogen) atoms. The lowest BCUT2D eigenvalue weighted by molar-refractivity contribution is -0.137. The molecule has 2 heterocycles. The summed E-state index contributed by atoms with van der Waals surface area (Å²) in [6, 6.07) is 9.25. The predicted molar refractivity (Wildman–Crippen MR) is 151 cm³/mol. The summed E-state index contributed by atoms with van der Waals surface area (Å²) >= 11 is 7.77. The molecule has 0 N–H and O–H groups in total. The summed E-state index contributed by atoms with van der Waals surface area (Å²) in [5.74, 6) is 1.19. The van der Waals surface area contributed by atoms with Gasteiger partial charge in [-0.25, -0.2) is 4.98 Å². The van der Waals surface area contributed by atoms with E-state index < -0.39 is 0 Å². The molecule has 3 aromatic rings. The molecule has 11 heteroatoms. The van der Waals surface area contributed by atoms with Crippen molar-refractivity contribution < 1.29 is 14.3 Å². The van der Waals surface area contributed by atoms with E-state index in [1.54, 1.807) is 17.2 Å². The number of rotatable bonds is 6. The van der Waals surface area contributed by atoms with Crippen molar-refractivity contribution in [3.8, 4) is 5.75 Å². The Balaban J connectivity index is 1.56. The molecular formula is C23H21BrI2N4O4. The number of morpholine rings is 1. The molecule has 8 nitrogen and oxygen atoms in total. The zero-order chi connectivity index (χ0) is 24.2. The van der Waals surface area contributed by atoms with Gasteiger partial charge in [-0.2, -0.15) is 9.78 Å². The van der Waals surface area contributed by atoms with Crippen molar-refractivity contribution in [2.75, 3.05) is 32.9 Å². The van der Waals surface area contributed by atoms with Crippen molar-refractivity contribution in [2.45, 2.75) is 13.3 Å². The molecule has 0 atom stereocenters. The molecule has 0 aliphatic carbocycles. The van der Waals surface area contributed by atoms with Crippen molar-refractivity contribution in [3.63, 3.8) is 0 Å². The quantitative estimate of drug-likeness (QED) is 0.281. The monoisotopic (exact) mass is 750 g/mol. The van der Waals surface area contributed by atoms with Gasteiger partial charge in [0.25, 0.3) is 11.5 Å². The van der Waals surface area contributed by atoms with E-state index in [1.807, 2.05) is 31.2 Å². The highest BCUT2D eigenvalue weighted by Crippen LogP contribution is 2.28. The van der Waals surface area contributed by atoms with Crippen LogP contribution in [-0.2, 0) is 16.0 Å². The Morgan fingerprint density at radius 1 is 1.24 bits per heavy atom. The van der Waals surface area contributed by atoms with Gasteiger partial charge in [0.15, 0.2) is 6.61 Å². The highest BCUT2D eigenvalue weighted by Gasteiger charge is 2.18. The number of carbonyl (C=O) groups is 1. The Hall–Kier alpha value is -1.58. The summed E-state index contributed by atoms with van der Waals surface area (Å²) in [6.07, 6.45) is 2.21. The molecule has 0 saturated carbocycles.